The highest BCUT2D eigenvalue weighted by Gasteiger charge is 2.31. The molecule has 0 atom stereocenters. The fraction of sp³-hybridized carbons (Fsp3) is 0.857. The maximum atomic E-state index is 11.4. The van der Waals surface area contributed by atoms with E-state index in [9.17, 15) is 9.59 Å². The second-order valence-corrected chi connectivity index (χ2v) is 5.72. The van der Waals surface area contributed by atoms with Gasteiger partial charge in [0.25, 0.3) is 0 Å². The van der Waals surface area contributed by atoms with Crippen LogP contribution in [0.2, 0.25) is 0 Å². The van der Waals surface area contributed by atoms with E-state index in [4.69, 9.17) is 5.11 Å². The van der Waals surface area contributed by atoms with Gasteiger partial charge < -0.3 is 14.9 Å². The molecule has 2 rings (SSSR count). The zero-order valence-electron chi connectivity index (χ0n) is 11.7. The van der Waals surface area contributed by atoms with Crippen LogP contribution in [0.15, 0.2) is 0 Å². The normalized spacial score (nSPS) is 22.6. The van der Waals surface area contributed by atoms with Crippen molar-refractivity contribution in [2.75, 3.05) is 32.8 Å². The third-order valence-corrected chi connectivity index (χ3v) is 4.68. The van der Waals surface area contributed by atoms with E-state index >= 15 is 0 Å². The summed E-state index contributed by atoms with van der Waals surface area (Å²) in [6.07, 6.45) is 4.27. The lowest BCUT2D eigenvalue weighted by atomic mass is 9.79. The van der Waals surface area contributed by atoms with E-state index in [1.807, 2.05) is 4.90 Å². The molecule has 5 nitrogen and oxygen atoms in total. The molecule has 2 heterocycles. The molecule has 0 aromatic rings. The summed E-state index contributed by atoms with van der Waals surface area (Å²) >= 11 is 0. The van der Waals surface area contributed by atoms with Gasteiger partial charge in [-0.1, -0.05) is 0 Å². The predicted molar refractivity (Wildman–Crippen MR) is 71.4 cm³/mol. The lowest BCUT2D eigenvalue weighted by Gasteiger charge is -2.40. The average molecular weight is 268 g/mol. The minimum absolute atomic E-state index is 0.148. The number of nitrogens with zero attached hydrogens (tertiary/aromatic N) is 2. The Hall–Kier alpha value is -1.10. The maximum Gasteiger partial charge on any atom is 0.248 e. The molecule has 0 aromatic heterocycles. The Balaban J connectivity index is 1.77. The maximum absolute atomic E-state index is 11.4. The van der Waals surface area contributed by atoms with Gasteiger partial charge in [0.2, 0.25) is 11.8 Å². The van der Waals surface area contributed by atoms with Crippen LogP contribution in [0, 0.1) is 11.8 Å². The number of carbonyl (C=O) groups is 2. The lowest BCUT2D eigenvalue weighted by molar-refractivity contribution is -0.136. The van der Waals surface area contributed by atoms with Gasteiger partial charge in [-0.25, -0.2) is 0 Å². The number of aliphatic hydroxyl groups is 1. The van der Waals surface area contributed by atoms with Gasteiger partial charge in [0.05, 0.1) is 0 Å². The number of hydrogen-bond acceptors (Lipinski definition) is 3. The topological polar surface area (TPSA) is 60.9 Å². The number of aliphatic hydroxyl groups excluding tert-OH is 1. The van der Waals surface area contributed by atoms with E-state index in [1.54, 1.807) is 11.8 Å². The molecule has 2 aliphatic heterocycles. The highest BCUT2D eigenvalue weighted by molar-refractivity contribution is 5.77. The average Bonchev–Trinajstić information content (AvgIpc) is 2.46. The molecule has 19 heavy (non-hydrogen) atoms. The zero-order valence-corrected chi connectivity index (χ0v) is 11.7. The largest absolute Gasteiger partial charge is 0.387 e. The van der Waals surface area contributed by atoms with Gasteiger partial charge in [-0.2, -0.15) is 0 Å². The van der Waals surface area contributed by atoms with Crippen molar-refractivity contribution in [3.63, 3.8) is 0 Å². The highest BCUT2D eigenvalue weighted by atomic mass is 16.3. The van der Waals surface area contributed by atoms with E-state index < -0.39 is 0 Å². The van der Waals surface area contributed by atoms with E-state index in [0.717, 1.165) is 51.9 Å². The molecular formula is C14H24N2O3. The van der Waals surface area contributed by atoms with Crippen molar-refractivity contribution < 1.29 is 14.7 Å². The predicted octanol–water partition coefficient (Wildman–Crippen LogP) is 0.476. The Morgan fingerprint density at radius 3 is 1.74 bits per heavy atom. The Morgan fingerprint density at radius 1 is 0.947 bits per heavy atom. The summed E-state index contributed by atoms with van der Waals surface area (Å²) in [6.45, 7) is 4.58. The Bertz CT molecular complexity index is 330. The molecule has 1 N–H and O–H groups in total. The molecule has 0 radical (unpaired) electrons. The molecule has 0 unspecified atom stereocenters. The van der Waals surface area contributed by atoms with Crippen LogP contribution in [-0.2, 0) is 9.59 Å². The van der Waals surface area contributed by atoms with E-state index in [-0.39, 0.29) is 18.4 Å². The second kappa shape index (κ2) is 6.37. The first kappa shape index (κ1) is 14.3. The number of amides is 2. The van der Waals surface area contributed by atoms with Crippen molar-refractivity contribution in [2.24, 2.45) is 11.8 Å². The SMILES string of the molecule is CC(=O)N1CCC(C2CCN(C(=O)CO)CC2)CC1. The first-order valence-corrected chi connectivity index (χ1v) is 7.26. The van der Waals surface area contributed by atoms with Crippen LogP contribution >= 0.6 is 0 Å². The summed E-state index contributed by atoms with van der Waals surface area (Å²) in [5.74, 6) is 1.41. The van der Waals surface area contributed by atoms with Gasteiger partial charge in [0, 0.05) is 33.1 Å². The summed E-state index contributed by atoms with van der Waals surface area (Å²) < 4.78 is 0. The fourth-order valence-electron chi connectivity index (χ4n) is 3.41. The second-order valence-electron chi connectivity index (χ2n) is 5.72. The molecule has 0 bridgehead atoms. The molecule has 108 valence electrons. The van der Waals surface area contributed by atoms with Crippen LogP contribution in [0.1, 0.15) is 32.6 Å². The first-order valence-electron chi connectivity index (χ1n) is 7.26. The van der Waals surface area contributed by atoms with Gasteiger partial charge in [-0.05, 0) is 37.5 Å². The number of carbonyl (C=O) groups excluding carboxylic acids is 2. The molecular weight excluding hydrogens is 244 g/mol. The van der Waals surface area contributed by atoms with Crippen LogP contribution in [0.3, 0.4) is 0 Å². The quantitative estimate of drug-likeness (QED) is 0.792. The molecule has 2 aliphatic rings. The third kappa shape index (κ3) is 3.47. The number of hydrogen-bond donors (Lipinski definition) is 1. The van der Waals surface area contributed by atoms with Crippen molar-refractivity contribution >= 4 is 11.8 Å². The summed E-state index contributed by atoms with van der Waals surface area (Å²) in [6, 6.07) is 0. The van der Waals surface area contributed by atoms with Crippen LogP contribution in [0.25, 0.3) is 0 Å². The fourth-order valence-corrected chi connectivity index (χ4v) is 3.41. The van der Waals surface area contributed by atoms with Crippen molar-refractivity contribution in [3.05, 3.63) is 0 Å². The number of likely N-dealkylation sites (tertiary alicyclic amines) is 2. The van der Waals surface area contributed by atoms with Gasteiger partial charge >= 0.3 is 0 Å². The van der Waals surface area contributed by atoms with E-state index in [0.29, 0.717) is 11.8 Å². The minimum Gasteiger partial charge on any atom is -0.387 e. The van der Waals surface area contributed by atoms with Crippen LogP contribution < -0.4 is 0 Å². The van der Waals surface area contributed by atoms with Gasteiger partial charge in [0.1, 0.15) is 6.61 Å². The Labute approximate surface area is 114 Å². The molecule has 0 aromatic carbocycles. The van der Waals surface area contributed by atoms with E-state index in [2.05, 4.69) is 0 Å². The standard InChI is InChI=1S/C14H24N2O3/c1-11(18)15-6-2-12(3-7-15)13-4-8-16(9-5-13)14(19)10-17/h12-13,17H,2-10H2,1H3. The molecule has 2 saturated heterocycles. The third-order valence-electron chi connectivity index (χ3n) is 4.68. The molecule has 2 fully saturated rings. The summed E-state index contributed by atoms with van der Waals surface area (Å²) in [7, 11) is 0. The van der Waals surface area contributed by atoms with Crippen molar-refractivity contribution in [2.45, 2.75) is 32.6 Å². The van der Waals surface area contributed by atoms with Crippen LogP contribution in [0.5, 0.6) is 0 Å². The Kier molecular flexibility index (Phi) is 4.80. The van der Waals surface area contributed by atoms with Crippen molar-refractivity contribution in [3.8, 4) is 0 Å². The molecule has 0 saturated carbocycles. The lowest BCUT2D eigenvalue weighted by Crippen LogP contribution is -2.44. The van der Waals surface area contributed by atoms with Gasteiger partial charge in [-0.3, -0.25) is 9.59 Å². The monoisotopic (exact) mass is 268 g/mol. The van der Waals surface area contributed by atoms with Gasteiger partial charge in [0.15, 0.2) is 0 Å². The minimum atomic E-state index is -0.373. The van der Waals surface area contributed by atoms with Crippen LogP contribution in [-0.4, -0.2) is 59.5 Å². The smallest absolute Gasteiger partial charge is 0.248 e. The molecule has 0 aliphatic carbocycles. The van der Waals surface area contributed by atoms with E-state index in [1.165, 1.54) is 0 Å². The summed E-state index contributed by atoms with van der Waals surface area (Å²) in [4.78, 5) is 26.4. The highest BCUT2D eigenvalue weighted by Crippen LogP contribution is 2.32. The number of piperidine rings is 2. The molecule has 0 spiro atoms. The number of rotatable bonds is 2. The van der Waals surface area contributed by atoms with Gasteiger partial charge in [-0.15, -0.1) is 0 Å². The zero-order chi connectivity index (χ0) is 13.8. The van der Waals surface area contributed by atoms with Crippen molar-refractivity contribution in [1.29, 1.82) is 0 Å². The summed E-state index contributed by atoms with van der Waals surface area (Å²) in [5.41, 5.74) is 0. The summed E-state index contributed by atoms with van der Waals surface area (Å²) in [5, 5.41) is 8.85. The Morgan fingerprint density at radius 2 is 1.37 bits per heavy atom. The van der Waals surface area contributed by atoms with Crippen LogP contribution in [0.4, 0.5) is 0 Å². The first-order chi connectivity index (χ1) is 9.11. The molecule has 5 heteroatoms. The van der Waals surface area contributed by atoms with Crippen molar-refractivity contribution in [1.82, 2.24) is 9.80 Å². The molecule has 2 amide bonds.